The molecule has 2 rings (SSSR count). The van der Waals surface area contributed by atoms with Crippen LogP contribution in [0.15, 0.2) is 35.0 Å². The van der Waals surface area contributed by atoms with Gasteiger partial charge in [0, 0.05) is 22.8 Å². The Hall–Kier alpha value is -2.08. The number of rotatable bonds is 3. The van der Waals surface area contributed by atoms with Gasteiger partial charge in [-0.2, -0.15) is 11.3 Å². The van der Waals surface area contributed by atoms with Crippen molar-refractivity contribution in [3.8, 4) is 0 Å². The van der Waals surface area contributed by atoms with Gasteiger partial charge in [0.25, 0.3) is 5.69 Å². The highest BCUT2D eigenvalue weighted by molar-refractivity contribution is 7.08. The van der Waals surface area contributed by atoms with Crippen LogP contribution in [0, 0.1) is 10.1 Å². The minimum Gasteiger partial charge on any atom is -0.393 e. The van der Waals surface area contributed by atoms with Crippen molar-refractivity contribution >= 4 is 34.1 Å². The molecule has 6 heteroatoms. The van der Waals surface area contributed by atoms with Crippen LogP contribution in [0.3, 0.4) is 0 Å². The average Bonchev–Trinajstić information content (AvgIpc) is 2.70. The maximum absolute atomic E-state index is 10.6. The summed E-state index contributed by atoms with van der Waals surface area (Å²) in [6, 6.07) is 6.49. The molecule has 1 aromatic carbocycles. The smallest absolute Gasteiger partial charge is 0.292 e. The molecule has 1 aromatic heterocycles. The Balaban J connectivity index is 2.24. The summed E-state index contributed by atoms with van der Waals surface area (Å²) in [6.45, 7) is 0. The third-order valence-corrected chi connectivity index (χ3v) is 2.72. The number of nitrogen functional groups attached to an aromatic ring is 1. The van der Waals surface area contributed by atoms with Crippen molar-refractivity contribution in [3.63, 3.8) is 0 Å². The first kappa shape index (κ1) is 10.4. The van der Waals surface area contributed by atoms with E-state index < -0.39 is 4.92 Å². The van der Waals surface area contributed by atoms with Crippen LogP contribution < -0.4 is 11.1 Å². The number of thiophene rings is 1. The van der Waals surface area contributed by atoms with Crippen molar-refractivity contribution in [3.05, 3.63) is 45.1 Å². The molecule has 82 valence electrons. The molecule has 2 aromatic rings. The van der Waals surface area contributed by atoms with Crippen molar-refractivity contribution in [2.45, 2.75) is 0 Å². The molecule has 0 aliphatic heterocycles. The van der Waals surface area contributed by atoms with Gasteiger partial charge < -0.3 is 11.1 Å². The number of benzene rings is 1. The first-order valence-electron chi connectivity index (χ1n) is 4.50. The lowest BCUT2D eigenvalue weighted by atomic mass is 10.2. The van der Waals surface area contributed by atoms with Crippen molar-refractivity contribution in [1.82, 2.24) is 0 Å². The highest BCUT2D eigenvalue weighted by Crippen LogP contribution is 2.27. The Morgan fingerprint density at radius 2 is 2.12 bits per heavy atom. The highest BCUT2D eigenvalue weighted by Gasteiger charge is 2.10. The third kappa shape index (κ3) is 2.12. The van der Waals surface area contributed by atoms with E-state index in [1.807, 2.05) is 16.8 Å². The van der Waals surface area contributed by atoms with E-state index in [0.29, 0.717) is 0 Å². The van der Waals surface area contributed by atoms with Gasteiger partial charge in [0.05, 0.1) is 4.92 Å². The molecule has 0 atom stereocenters. The normalized spacial score (nSPS) is 10.0. The fourth-order valence-corrected chi connectivity index (χ4v) is 1.89. The second-order valence-corrected chi connectivity index (χ2v) is 3.95. The van der Waals surface area contributed by atoms with Crippen molar-refractivity contribution in [2.24, 2.45) is 0 Å². The van der Waals surface area contributed by atoms with E-state index in [1.165, 1.54) is 6.07 Å². The molecular weight excluding hydrogens is 226 g/mol. The van der Waals surface area contributed by atoms with Gasteiger partial charge in [0.2, 0.25) is 0 Å². The molecule has 0 bridgehead atoms. The van der Waals surface area contributed by atoms with Crippen molar-refractivity contribution in [2.75, 3.05) is 11.1 Å². The van der Waals surface area contributed by atoms with Crippen LogP contribution in [0.1, 0.15) is 0 Å². The van der Waals surface area contributed by atoms with Gasteiger partial charge >= 0.3 is 0 Å². The van der Waals surface area contributed by atoms with E-state index in [1.54, 1.807) is 23.5 Å². The van der Waals surface area contributed by atoms with Gasteiger partial charge in [-0.1, -0.05) is 0 Å². The lowest BCUT2D eigenvalue weighted by Gasteiger charge is -2.04. The number of hydrogen-bond donors (Lipinski definition) is 2. The Morgan fingerprint density at radius 1 is 1.31 bits per heavy atom. The monoisotopic (exact) mass is 235 g/mol. The van der Waals surface area contributed by atoms with E-state index in [0.717, 1.165) is 11.4 Å². The van der Waals surface area contributed by atoms with Crippen LogP contribution in [0.5, 0.6) is 0 Å². The van der Waals surface area contributed by atoms with Crippen LogP contribution in [0.2, 0.25) is 0 Å². The summed E-state index contributed by atoms with van der Waals surface area (Å²) in [7, 11) is 0. The molecule has 5 nitrogen and oxygen atoms in total. The predicted octanol–water partition coefficient (Wildman–Crippen LogP) is 2.98. The van der Waals surface area contributed by atoms with E-state index in [9.17, 15) is 10.1 Å². The van der Waals surface area contributed by atoms with Crippen LogP contribution in [-0.2, 0) is 0 Å². The number of anilines is 3. The maximum atomic E-state index is 10.6. The van der Waals surface area contributed by atoms with Gasteiger partial charge in [-0.05, 0) is 23.6 Å². The lowest BCUT2D eigenvalue weighted by molar-refractivity contribution is -0.383. The molecule has 16 heavy (non-hydrogen) atoms. The summed E-state index contributed by atoms with van der Waals surface area (Å²) < 4.78 is 0. The fraction of sp³-hybridized carbons (Fsp3) is 0. The summed E-state index contributed by atoms with van der Waals surface area (Å²) >= 11 is 1.57. The number of hydrogen-bond acceptors (Lipinski definition) is 5. The Labute approximate surface area is 95.7 Å². The number of nitro groups is 1. The largest absolute Gasteiger partial charge is 0.393 e. The SMILES string of the molecule is Nc1cc(Nc2ccsc2)ccc1[N+](=O)[O-]. The molecular formula is C10H9N3O2S. The quantitative estimate of drug-likeness (QED) is 0.487. The van der Waals surface area contributed by atoms with E-state index in [2.05, 4.69) is 5.32 Å². The van der Waals surface area contributed by atoms with Gasteiger partial charge in [-0.3, -0.25) is 10.1 Å². The van der Waals surface area contributed by atoms with Gasteiger partial charge in [-0.25, -0.2) is 0 Å². The molecule has 0 radical (unpaired) electrons. The molecule has 0 saturated heterocycles. The average molecular weight is 235 g/mol. The lowest BCUT2D eigenvalue weighted by Crippen LogP contribution is -1.97. The first-order chi connectivity index (χ1) is 7.66. The maximum Gasteiger partial charge on any atom is 0.292 e. The number of nitrogens with one attached hydrogen (secondary N) is 1. The second kappa shape index (κ2) is 4.19. The second-order valence-electron chi connectivity index (χ2n) is 3.17. The molecule has 0 saturated carbocycles. The van der Waals surface area contributed by atoms with Crippen LogP contribution in [-0.4, -0.2) is 4.92 Å². The van der Waals surface area contributed by atoms with Gasteiger partial charge in [0.15, 0.2) is 0 Å². The Bertz CT molecular complexity index is 511. The van der Waals surface area contributed by atoms with E-state index >= 15 is 0 Å². The molecule has 0 fully saturated rings. The van der Waals surface area contributed by atoms with Crippen molar-refractivity contribution < 1.29 is 4.92 Å². The molecule has 1 heterocycles. The van der Waals surface area contributed by atoms with Crippen LogP contribution in [0.25, 0.3) is 0 Å². The molecule has 0 unspecified atom stereocenters. The van der Waals surface area contributed by atoms with Crippen LogP contribution >= 0.6 is 11.3 Å². The number of nitrogens with zero attached hydrogens (tertiary/aromatic N) is 1. The zero-order valence-corrected chi connectivity index (χ0v) is 9.03. The van der Waals surface area contributed by atoms with Gasteiger partial charge in [-0.15, -0.1) is 0 Å². The Morgan fingerprint density at radius 3 is 2.69 bits per heavy atom. The molecule has 0 amide bonds. The minimum absolute atomic E-state index is 0.0733. The topological polar surface area (TPSA) is 81.2 Å². The predicted molar refractivity (Wildman–Crippen MR) is 65.1 cm³/mol. The van der Waals surface area contributed by atoms with E-state index in [4.69, 9.17) is 5.73 Å². The summed E-state index contributed by atoms with van der Waals surface area (Å²) in [6.07, 6.45) is 0. The molecule has 0 aliphatic carbocycles. The Kier molecular flexibility index (Phi) is 2.74. The highest BCUT2D eigenvalue weighted by atomic mass is 32.1. The summed E-state index contributed by atoms with van der Waals surface area (Å²) in [4.78, 5) is 10.1. The van der Waals surface area contributed by atoms with Gasteiger partial charge in [0.1, 0.15) is 5.69 Å². The molecule has 3 N–H and O–H groups in total. The molecule has 0 spiro atoms. The van der Waals surface area contributed by atoms with E-state index in [-0.39, 0.29) is 11.4 Å². The zero-order valence-electron chi connectivity index (χ0n) is 8.21. The standard InChI is InChI=1S/C10H9N3O2S/c11-9-5-7(1-2-10(9)13(14)15)12-8-3-4-16-6-8/h1-6,12H,11H2. The fourth-order valence-electron chi connectivity index (χ4n) is 1.30. The molecule has 0 aliphatic rings. The number of nitro benzene ring substituents is 1. The summed E-state index contributed by atoms with van der Waals surface area (Å²) in [5.41, 5.74) is 7.34. The zero-order chi connectivity index (χ0) is 11.5. The summed E-state index contributed by atoms with van der Waals surface area (Å²) in [5, 5.41) is 17.5. The first-order valence-corrected chi connectivity index (χ1v) is 5.44. The summed E-state index contributed by atoms with van der Waals surface area (Å²) in [5.74, 6) is 0. The number of nitrogens with two attached hydrogens (primary N) is 1. The minimum atomic E-state index is -0.496. The third-order valence-electron chi connectivity index (χ3n) is 2.03. The van der Waals surface area contributed by atoms with Crippen molar-refractivity contribution in [1.29, 1.82) is 0 Å². The van der Waals surface area contributed by atoms with Crippen LogP contribution in [0.4, 0.5) is 22.7 Å².